The van der Waals surface area contributed by atoms with Crippen LogP contribution in [0.4, 0.5) is 0 Å². The molecule has 0 aliphatic rings. The lowest BCUT2D eigenvalue weighted by molar-refractivity contribution is 0.637. The van der Waals surface area contributed by atoms with E-state index in [1.165, 1.54) is 11.1 Å². The van der Waals surface area contributed by atoms with E-state index in [9.17, 15) is 0 Å². The molecule has 0 aliphatic heterocycles. The molecule has 1 atom stereocenters. The number of hydrogen-bond acceptors (Lipinski definition) is 1. The van der Waals surface area contributed by atoms with Gasteiger partial charge in [0.15, 0.2) is 5.11 Å². The van der Waals surface area contributed by atoms with Gasteiger partial charge in [0.2, 0.25) is 0 Å². The average Bonchev–Trinajstić information content (AvgIpc) is 2.54. The summed E-state index contributed by atoms with van der Waals surface area (Å²) in [5.74, 6) is 0. The van der Waals surface area contributed by atoms with Crippen LogP contribution >= 0.6 is 12.2 Å². The topological polar surface area (TPSA) is 24.1 Å². The second-order valence-electron chi connectivity index (χ2n) is 4.80. The number of hydrogen-bond donors (Lipinski definition) is 2. The van der Waals surface area contributed by atoms with Crippen LogP contribution < -0.4 is 10.6 Å². The summed E-state index contributed by atoms with van der Waals surface area (Å²) in [5, 5.41) is 7.16. The molecule has 0 amide bonds. The monoisotopic (exact) mass is 296 g/mol. The summed E-state index contributed by atoms with van der Waals surface area (Å²) in [6.07, 6.45) is 2.68. The first-order valence-electron chi connectivity index (χ1n) is 7.03. The van der Waals surface area contributed by atoms with E-state index in [1.54, 1.807) is 6.08 Å². The number of nitrogens with one attached hydrogen (secondary N) is 2. The third kappa shape index (κ3) is 5.04. The maximum absolute atomic E-state index is 5.34. The molecule has 0 aliphatic carbocycles. The predicted molar refractivity (Wildman–Crippen MR) is 93.3 cm³/mol. The Labute approximate surface area is 131 Å². The SMILES string of the molecule is C=CCNC(=S)N[C@@H](Cc1ccccc1)c1ccccc1. The number of rotatable bonds is 6. The third-order valence-electron chi connectivity index (χ3n) is 3.20. The summed E-state index contributed by atoms with van der Waals surface area (Å²) in [6, 6.07) is 20.9. The number of benzene rings is 2. The molecule has 0 heterocycles. The molecule has 2 aromatic carbocycles. The molecule has 2 N–H and O–H groups in total. The van der Waals surface area contributed by atoms with E-state index in [0.717, 1.165) is 6.42 Å². The van der Waals surface area contributed by atoms with Crippen molar-refractivity contribution in [2.75, 3.05) is 6.54 Å². The van der Waals surface area contributed by atoms with E-state index < -0.39 is 0 Å². The fourth-order valence-corrected chi connectivity index (χ4v) is 2.39. The highest BCUT2D eigenvalue weighted by molar-refractivity contribution is 7.80. The zero-order valence-electron chi connectivity index (χ0n) is 12.0. The Morgan fingerprint density at radius 1 is 1.05 bits per heavy atom. The highest BCUT2D eigenvalue weighted by atomic mass is 32.1. The lowest BCUT2D eigenvalue weighted by Gasteiger charge is -2.21. The molecule has 2 aromatic rings. The van der Waals surface area contributed by atoms with Crippen LogP contribution in [0.15, 0.2) is 73.3 Å². The molecular formula is C18H20N2S. The minimum Gasteiger partial charge on any atom is -0.359 e. The van der Waals surface area contributed by atoms with Crippen LogP contribution in [0.5, 0.6) is 0 Å². The van der Waals surface area contributed by atoms with Gasteiger partial charge >= 0.3 is 0 Å². The van der Waals surface area contributed by atoms with Crippen molar-refractivity contribution in [2.24, 2.45) is 0 Å². The lowest BCUT2D eigenvalue weighted by Crippen LogP contribution is -2.38. The molecule has 0 fully saturated rings. The molecule has 2 rings (SSSR count). The van der Waals surface area contributed by atoms with Crippen molar-refractivity contribution < 1.29 is 0 Å². The summed E-state index contributed by atoms with van der Waals surface area (Å²) < 4.78 is 0. The zero-order chi connectivity index (χ0) is 14.9. The van der Waals surface area contributed by atoms with Gasteiger partial charge in [0.1, 0.15) is 0 Å². The molecule has 0 unspecified atom stereocenters. The van der Waals surface area contributed by atoms with Crippen LogP contribution in [0.2, 0.25) is 0 Å². The van der Waals surface area contributed by atoms with E-state index >= 15 is 0 Å². The van der Waals surface area contributed by atoms with Crippen molar-refractivity contribution in [3.63, 3.8) is 0 Å². The quantitative estimate of drug-likeness (QED) is 0.629. The van der Waals surface area contributed by atoms with Crippen molar-refractivity contribution in [1.29, 1.82) is 0 Å². The maximum Gasteiger partial charge on any atom is 0.167 e. The molecule has 0 aromatic heterocycles. The van der Waals surface area contributed by atoms with Crippen molar-refractivity contribution in [3.05, 3.63) is 84.4 Å². The molecule has 2 nitrogen and oxygen atoms in total. The van der Waals surface area contributed by atoms with Crippen LogP contribution in [0.3, 0.4) is 0 Å². The van der Waals surface area contributed by atoms with E-state index in [-0.39, 0.29) is 6.04 Å². The van der Waals surface area contributed by atoms with Crippen molar-refractivity contribution in [2.45, 2.75) is 12.5 Å². The summed E-state index contributed by atoms with van der Waals surface area (Å²) in [4.78, 5) is 0. The molecule has 0 spiro atoms. The Morgan fingerprint density at radius 2 is 1.67 bits per heavy atom. The minimum absolute atomic E-state index is 0.151. The lowest BCUT2D eigenvalue weighted by atomic mass is 9.99. The number of thiocarbonyl (C=S) groups is 1. The molecule has 3 heteroatoms. The van der Waals surface area contributed by atoms with Crippen molar-refractivity contribution >= 4 is 17.3 Å². The first-order chi connectivity index (χ1) is 10.3. The summed E-state index contributed by atoms with van der Waals surface area (Å²) in [5.41, 5.74) is 2.51. The highest BCUT2D eigenvalue weighted by Crippen LogP contribution is 2.18. The average molecular weight is 296 g/mol. The van der Waals surface area contributed by atoms with Crippen LogP contribution in [0, 0.1) is 0 Å². The molecule has 21 heavy (non-hydrogen) atoms. The third-order valence-corrected chi connectivity index (χ3v) is 3.46. The largest absolute Gasteiger partial charge is 0.359 e. The molecule has 0 bridgehead atoms. The Balaban J connectivity index is 2.11. The van der Waals surface area contributed by atoms with Gasteiger partial charge in [-0.1, -0.05) is 66.7 Å². The molecule has 0 saturated carbocycles. The Bertz CT molecular complexity index is 566. The van der Waals surface area contributed by atoms with Gasteiger partial charge in [0.25, 0.3) is 0 Å². The smallest absolute Gasteiger partial charge is 0.167 e. The molecular weight excluding hydrogens is 276 g/mol. The summed E-state index contributed by atoms with van der Waals surface area (Å²) in [7, 11) is 0. The Morgan fingerprint density at radius 3 is 2.29 bits per heavy atom. The second-order valence-corrected chi connectivity index (χ2v) is 5.20. The Kier molecular flexibility index (Phi) is 5.98. The van der Waals surface area contributed by atoms with Gasteiger partial charge in [0.05, 0.1) is 6.04 Å². The van der Waals surface area contributed by atoms with Gasteiger partial charge < -0.3 is 10.6 Å². The van der Waals surface area contributed by atoms with Gasteiger partial charge in [-0.05, 0) is 29.8 Å². The maximum atomic E-state index is 5.34. The van der Waals surface area contributed by atoms with Gasteiger partial charge in [-0.3, -0.25) is 0 Å². The summed E-state index contributed by atoms with van der Waals surface area (Å²) in [6.45, 7) is 4.35. The molecule has 0 saturated heterocycles. The normalized spacial score (nSPS) is 11.4. The van der Waals surface area contributed by atoms with Crippen LogP contribution in [-0.4, -0.2) is 11.7 Å². The van der Waals surface area contributed by atoms with Crippen molar-refractivity contribution in [3.8, 4) is 0 Å². The van der Waals surface area contributed by atoms with E-state index in [1.807, 2.05) is 12.1 Å². The minimum atomic E-state index is 0.151. The van der Waals surface area contributed by atoms with Crippen molar-refractivity contribution in [1.82, 2.24) is 10.6 Å². The van der Waals surface area contributed by atoms with Gasteiger partial charge in [-0.2, -0.15) is 0 Å². The first-order valence-corrected chi connectivity index (χ1v) is 7.44. The first kappa shape index (κ1) is 15.3. The van der Waals surface area contributed by atoms with E-state index in [4.69, 9.17) is 12.2 Å². The standard InChI is InChI=1S/C18H20N2S/c1-2-13-19-18(21)20-17(16-11-7-4-8-12-16)14-15-9-5-3-6-10-15/h2-12,17H,1,13-14H2,(H2,19,20,21)/t17-/m0/s1. The fraction of sp³-hybridized carbons (Fsp3) is 0.167. The fourth-order valence-electron chi connectivity index (χ4n) is 2.16. The van der Waals surface area contributed by atoms with Crippen LogP contribution in [0.25, 0.3) is 0 Å². The van der Waals surface area contributed by atoms with E-state index in [2.05, 4.69) is 65.7 Å². The van der Waals surface area contributed by atoms with Crippen LogP contribution in [-0.2, 0) is 6.42 Å². The second kappa shape index (κ2) is 8.22. The zero-order valence-corrected chi connectivity index (χ0v) is 12.8. The van der Waals surface area contributed by atoms with Gasteiger partial charge in [-0.15, -0.1) is 6.58 Å². The van der Waals surface area contributed by atoms with Gasteiger partial charge in [-0.25, -0.2) is 0 Å². The molecule has 0 radical (unpaired) electrons. The Hall–Kier alpha value is -2.13. The summed E-state index contributed by atoms with van der Waals surface area (Å²) >= 11 is 5.34. The predicted octanol–water partition coefficient (Wildman–Crippen LogP) is 3.62. The van der Waals surface area contributed by atoms with Crippen LogP contribution in [0.1, 0.15) is 17.2 Å². The van der Waals surface area contributed by atoms with Gasteiger partial charge in [0, 0.05) is 6.54 Å². The van der Waals surface area contributed by atoms with E-state index in [0.29, 0.717) is 11.7 Å². The highest BCUT2D eigenvalue weighted by Gasteiger charge is 2.12. The molecule has 108 valence electrons.